The van der Waals surface area contributed by atoms with Gasteiger partial charge in [-0.2, -0.15) is 0 Å². The van der Waals surface area contributed by atoms with E-state index < -0.39 is 5.97 Å². The topological polar surface area (TPSA) is 39.2 Å². The number of aromatic nitrogens is 1. The van der Waals surface area contributed by atoms with Crippen LogP contribution in [0.5, 0.6) is 0 Å². The normalized spacial score (nSPS) is 9.93. The van der Waals surface area contributed by atoms with Crippen molar-refractivity contribution in [3.63, 3.8) is 0 Å². The third-order valence-electron chi connectivity index (χ3n) is 1.46. The Morgan fingerprint density at radius 1 is 1.57 bits per heavy atom. The summed E-state index contributed by atoms with van der Waals surface area (Å²) in [5.41, 5.74) is 1.12. The number of rotatable bonds is 3. The highest BCUT2D eigenvalue weighted by Crippen LogP contribution is 2.15. The molecular weight excluding hydrogens is 314 g/mol. The summed E-state index contributed by atoms with van der Waals surface area (Å²) in [5.74, 6) is -0.393. The second kappa shape index (κ2) is 5.46. The Bertz CT molecular complexity index is 342. The molecule has 1 heterocycles. The molecule has 14 heavy (non-hydrogen) atoms. The molecule has 0 spiro atoms. The highest BCUT2D eigenvalue weighted by molar-refractivity contribution is 9.10. The Kier molecular flexibility index (Phi) is 4.54. The fraction of sp³-hybridized carbons (Fsp3) is 0.333. The summed E-state index contributed by atoms with van der Waals surface area (Å²) in [5, 5.41) is 0.610. The predicted octanol–water partition coefficient (Wildman–Crippen LogP) is 2.92. The molecule has 1 aromatic heterocycles. The second-order valence-electron chi connectivity index (χ2n) is 2.52. The average Bonchev–Trinajstić information content (AvgIpc) is 2.17. The van der Waals surface area contributed by atoms with Gasteiger partial charge in [-0.05, 0) is 19.1 Å². The smallest absolute Gasteiger partial charge is 0.356 e. The SMILES string of the molecule is CCOC(=O)c1cc(Br)cc(CBr)n1. The molecule has 1 rings (SSSR count). The zero-order valence-corrected chi connectivity index (χ0v) is 10.8. The van der Waals surface area contributed by atoms with Crippen LogP contribution in [0.1, 0.15) is 23.1 Å². The van der Waals surface area contributed by atoms with Gasteiger partial charge in [-0.25, -0.2) is 9.78 Å². The molecule has 0 saturated carbocycles. The number of ether oxygens (including phenoxy) is 1. The van der Waals surface area contributed by atoms with Crippen molar-refractivity contribution in [3.05, 3.63) is 28.0 Å². The van der Waals surface area contributed by atoms with Gasteiger partial charge in [0.1, 0.15) is 5.69 Å². The molecule has 0 aliphatic rings. The Balaban J connectivity index is 2.96. The summed E-state index contributed by atoms with van der Waals surface area (Å²) >= 11 is 6.58. The van der Waals surface area contributed by atoms with Gasteiger partial charge < -0.3 is 4.74 Å². The van der Waals surface area contributed by atoms with E-state index in [4.69, 9.17) is 4.74 Å². The van der Waals surface area contributed by atoms with Crippen LogP contribution in [0.15, 0.2) is 16.6 Å². The number of hydrogen-bond donors (Lipinski definition) is 0. The number of alkyl halides is 1. The summed E-state index contributed by atoms with van der Waals surface area (Å²) in [7, 11) is 0. The van der Waals surface area contributed by atoms with Crippen molar-refractivity contribution < 1.29 is 9.53 Å². The molecule has 0 radical (unpaired) electrons. The van der Waals surface area contributed by atoms with Crippen LogP contribution in [0.3, 0.4) is 0 Å². The van der Waals surface area contributed by atoms with Crippen LogP contribution in [-0.2, 0) is 10.1 Å². The first kappa shape index (κ1) is 11.7. The molecule has 0 atom stereocenters. The lowest BCUT2D eigenvalue weighted by Crippen LogP contribution is -2.08. The molecule has 1 aromatic rings. The Morgan fingerprint density at radius 2 is 2.29 bits per heavy atom. The van der Waals surface area contributed by atoms with Gasteiger partial charge in [0.05, 0.1) is 12.3 Å². The molecule has 5 heteroatoms. The summed E-state index contributed by atoms with van der Waals surface area (Å²) in [4.78, 5) is 15.5. The zero-order chi connectivity index (χ0) is 10.6. The van der Waals surface area contributed by atoms with Crippen molar-refractivity contribution in [3.8, 4) is 0 Å². The van der Waals surface area contributed by atoms with Gasteiger partial charge in [0, 0.05) is 9.80 Å². The van der Waals surface area contributed by atoms with E-state index in [1.807, 2.05) is 6.07 Å². The number of halogens is 2. The molecule has 0 N–H and O–H groups in total. The molecule has 0 unspecified atom stereocenters. The van der Waals surface area contributed by atoms with Gasteiger partial charge >= 0.3 is 5.97 Å². The molecule has 0 bridgehead atoms. The highest BCUT2D eigenvalue weighted by atomic mass is 79.9. The molecule has 0 aliphatic heterocycles. The largest absolute Gasteiger partial charge is 0.461 e. The van der Waals surface area contributed by atoms with Crippen molar-refractivity contribution in [2.75, 3.05) is 6.61 Å². The number of hydrogen-bond acceptors (Lipinski definition) is 3. The van der Waals surface area contributed by atoms with Crippen LogP contribution >= 0.6 is 31.9 Å². The van der Waals surface area contributed by atoms with Gasteiger partial charge in [0.25, 0.3) is 0 Å². The molecule has 76 valence electrons. The maximum Gasteiger partial charge on any atom is 0.356 e. The molecule has 0 fully saturated rings. The van der Waals surface area contributed by atoms with Crippen LogP contribution in [-0.4, -0.2) is 17.6 Å². The minimum Gasteiger partial charge on any atom is -0.461 e. The third kappa shape index (κ3) is 3.06. The minimum atomic E-state index is -0.393. The number of nitrogens with zero attached hydrogens (tertiary/aromatic N) is 1. The average molecular weight is 323 g/mol. The molecular formula is C9H9Br2NO2. The number of esters is 1. The summed E-state index contributed by atoms with van der Waals surface area (Å²) in [6, 6.07) is 3.49. The fourth-order valence-electron chi connectivity index (χ4n) is 0.929. The van der Waals surface area contributed by atoms with Crippen LogP contribution in [0.2, 0.25) is 0 Å². The lowest BCUT2D eigenvalue weighted by atomic mass is 10.3. The number of carbonyl (C=O) groups excluding carboxylic acids is 1. The summed E-state index contributed by atoms with van der Waals surface area (Å²) in [6.07, 6.45) is 0. The fourth-order valence-corrected chi connectivity index (χ4v) is 1.70. The van der Waals surface area contributed by atoms with Crippen LogP contribution in [0.25, 0.3) is 0 Å². The first-order chi connectivity index (χ1) is 6.67. The minimum absolute atomic E-state index is 0.329. The van der Waals surface area contributed by atoms with E-state index >= 15 is 0 Å². The van der Waals surface area contributed by atoms with Crippen molar-refractivity contribution in [1.82, 2.24) is 4.98 Å². The van der Waals surface area contributed by atoms with Crippen LogP contribution in [0, 0.1) is 0 Å². The van der Waals surface area contributed by atoms with Crippen LogP contribution < -0.4 is 0 Å². The maximum absolute atomic E-state index is 11.3. The Labute approximate surface area is 99.1 Å². The molecule has 3 nitrogen and oxygen atoms in total. The third-order valence-corrected chi connectivity index (χ3v) is 2.50. The van der Waals surface area contributed by atoms with Gasteiger partial charge in [0.2, 0.25) is 0 Å². The molecule has 0 aromatic carbocycles. The monoisotopic (exact) mass is 321 g/mol. The lowest BCUT2D eigenvalue weighted by molar-refractivity contribution is 0.0519. The molecule has 0 aliphatic carbocycles. The van der Waals surface area contributed by atoms with Gasteiger partial charge in [-0.1, -0.05) is 31.9 Å². The van der Waals surface area contributed by atoms with E-state index in [0.717, 1.165) is 10.2 Å². The zero-order valence-electron chi connectivity index (χ0n) is 7.59. The Morgan fingerprint density at radius 3 is 2.86 bits per heavy atom. The highest BCUT2D eigenvalue weighted by Gasteiger charge is 2.09. The predicted molar refractivity (Wildman–Crippen MR) is 60.5 cm³/mol. The van der Waals surface area contributed by atoms with Gasteiger partial charge in [-0.3, -0.25) is 0 Å². The molecule has 0 amide bonds. The summed E-state index contributed by atoms with van der Waals surface area (Å²) in [6.45, 7) is 2.12. The van der Waals surface area contributed by atoms with Gasteiger partial charge in [0.15, 0.2) is 0 Å². The summed E-state index contributed by atoms with van der Waals surface area (Å²) < 4.78 is 5.67. The van der Waals surface area contributed by atoms with Crippen molar-refractivity contribution in [2.24, 2.45) is 0 Å². The van der Waals surface area contributed by atoms with Crippen molar-refractivity contribution in [2.45, 2.75) is 12.3 Å². The van der Waals surface area contributed by atoms with Gasteiger partial charge in [-0.15, -0.1) is 0 Å². The van der Waals surface area contributed by atoms with E-state index in [2.05, 4.69) is 36.8 Å². The first-order valence-corrected chi connectivity index (χ1v) is 5.98. The maximum atomic E-state index is 11.3. The number of pyridine rings is 1. The van der Waals surface area contributed by atoms with E-state index in [0.29, 0.717) is 17.6 Å². The van der Waals surface area contributed by atoms with E-state index in [9.17, 15) is 4.79 Å². The van der Waals surface area contributed by atoms with Crippen molar-refractivity contribution >= 4 is 37.8 Å². The second-order valence-corrected chi connectivity index (χ2v) is 3.99. The van der Waals surface area contributed by atoms with E-state index in [1.165, 1.54) is 0 Å². The standard InChI is InChI=1S/C9H9Br2NO2/c1-2-14-9(13)8-4-6(11)3-7(5-10)12-8/h3-4H,2,5H2,1H3. The first-order valence-electron chi connectivity index (χ1n) is 4.07. The van der Waals surface area contributed by atoms with E-state index in [1.54, 1.807) is 13.0 Å². The van der Waals surface area contributed by atoms with Crippen molar-refractivity contribution in [1.29, 1.82) is 0 Å². The van der Waals surface area contributed by atoms with E-state index in [-0.39, 0.29) is 0 Å². The lowest BCUT2D eigenvalue weighted by Gasteiger charge is -2.03. The van der Waals surface area contributed by atoms with Crippen LogP contribution in [0.4, 0.5) is 0 Å². The molecule has 0 saturated heterocycles. The number of carbonyl (C=O) groups is 1. The Hall–Kier alpha value is -0.420. The quantitative estimate of drug-likeness (QED) is 0.634.